The van der Waals surface area contributed by atoms with Gasteiger partial charge in [0.1, 0.15) is 0 Å². The third kappa shape index (κ3) is 1.51. The average Bonchev–Trinajstić information content (AvgIpc) is 2.51. The van der Waals surface area contributed by atoms with Crippen LogP contribution in [-0.4, -0.2) is 17.6 Å². The highest BCUT2D eigenvalue weighted by molar-refractivity contribution is 8.13. The second-order valence-corrected chi connectivity index (χ2v) is 3.93. The molecule has 0 saturated heterocycles. The van der Waals surface area contributed by atoms with Crippen LogP contribution in [0.4, 0.5) is 0 Å². The van der Waals surface area contributed by atoms with Crippen LogP contribution in [0.1, 0.15) is 26.2 Å². The van der Waals surface area contributed by atoms with Crippen molar-refractivity contribution in [3.05, 3.63) is 11.3 Å². The largest absolute Gasteiger partial charge is 0.473 e. The highest BCUT2D eigenvalue weighted by atomic mass is 32.2. The molecule has 0 aromatic rings. The number of allylic oxidation sites excluding steroid dienone is 1. The van der Waals surface area contributed by atoms with Crippen molar-refractivity contribution in [3.63, 3.8) is 0 Å². The minimum absolute atomic E-state index is 0.731. The Balaban J connectivity index is 2.10. The summed E-state index contributed by atoms with van der Waals surface area (Å²) in [5.41, 5.74) is 2.85. The van der Waals surface area contributed by atoms with E-state index in [1.807, 2.05) is 6.92 Å². The highest BCUT2D eigenvalue weighted by Crippen LogP contribution is 2.34. The quantitative estimate of drug-likeness (QED) is 0.623. The second-order valence-electron chi connectivity index (χ2n) is 3.00. The Bertz CT molecular complexity index is 245. The van der Waals surface area contributed by atoms with E-state index >= 15 is 0 Å². The Kier molecular flexibility index (Phi) is 2.40. The number of nitrogens with zero attached hydrogens (tertiary/aromatic N) is 1. The van der Waals surface area contributed by atoms with Crippen molar-refractivity contribution in [1.82, 2.24) is 0 Å². The SMILES string of the molecule is CCOC1=NC2=C(CCC2)CS1. The minimum Gasteiger partial charge on any atom is -0.473 e. The number of aliphatic imine (C=N–C) groups is 1. The van der Waals surface area contributed by atoms with Gasteiger partial charge < -0.3 is 4.74 Å². The lowest BCUT2D eigenvalue weighted by molar-refractivity contribution is 0.337. The van der Waals surface area contributed by atoms with Crippen LogP contribution in [0, 0.1) is 0 Å². The lowest BCUT2D eigenvalue weighted by Gasteiger charge is -2.13. The van der Waals surface area contributed by atoms with E-state index in [1.54, 1.807) is 17.3 Å². The first-order chi connectivity index (χ1) is 5.90. The maximum atomic E-state index is 5.37. The topological polar surface area (TPSA) is 21.6 Å². The third-order valence-electron chi connectivity index (χ3n) is 2.16. The molecule has 2 nitrogen and oxygen atoms in total. The molecule has 0 fully saturated rings. The molecule has 1 heterocycles. The van der Waals surface area contributed by atoms with Gasteiger partial charge in [-0.25, -0.2) is 4.99 Å². The van der Waals surface area contributed by atoms with Gasteiger partial charge in [0, 0.05) is 11.4 Å². The van der Waals surface area contributed by atoms with Gasteiger partial charge in [0.15, 0.2) is 0 Å². The first-order valence-corrected chi connectivity index (χ1v) is 5.44. The van der Waals surface area contributed by atoms with Gasteiger partial charge >= 0.3 is 0 Å². The fraction of sp³-hybridized carbons (Fsp3) is 0.667. The van der Waals surface area contributed by atoms with Gasteiger partial charge in [-0.1, -0.05) is 11.8 Å². The van der Waals surface area contributed by atoms with Gasteiger partial charge in [-0.2, -0.15) is 0 Å². The molecule has 0 atom stereocenters. The molecule has 0 radical (unpaired) electrons. The van der Waals surface area contributed by atoms with Crippen LogP contribution in [0.25, 0.3) is 0 Å². The van der Waals surface area contributed by atoms with Crippen LogP contribution in [0.15, 0.2) is 16.3 Å². The zero-order valence-electron chi connectivity index (χ0n) is 7.30. The van der Waals surface area contributed by atoms with Crippen LogP contribution in [0.2, 0.25) is 0 Å². The van der Waals surface area contributed by atoms with Crippen molar-refractivity contribution in [2.24, 2.45) is 4.99 Å². The van der Waals surface area contributed by atoms with Crippen molar-refractivity contribution in [1.29, 1.82) is 0 Å². The molecule has 2 aliphatic rings. The summed E-state index contributed by atoms with van der Waals surface area (Å²) in [6.45, 7) is 2.73. The van der Waals surface area contributed by atoms with Crippen molar-refractivity contribution < 1.29 is 4.74 Å². The Morgan fingerprint density at radius 3 is 3.25 bits per heavy atom. The van der Waals surface area contributed by atoms with Gasteiger partial charge in [0.2, 0.25) is 0 Å². The Hall–Kier alpha value is -0.440. The molecular weight excluding hydrogens is 170 g/mol. The molecule has 0 spiro atoms. The molecule has 0 N–H and O–H groups in total. The van der Waals surface area contributed by atoms with Gasteiger partial charge in [0.05, 0.1) is 6.61 Å². The van der Waals surface area contributed by atoms with E-state index in [9.17, 15) is 0 Å². The van der Waals surface area contributed by atoms with Crippen molar-refractivity contribution in [2.75, 3.05) is 12.4 Å². The highest BCUT2D eigenvalue weighted by Gasteiger charge is 2.20. The van der Waals surface area contributed by atoms with Gasteiger partial charge in [-0.15, -0.1) is 0 Å². The molecule has 3 heteroatoms. The van der Waals surface area contributed by atoms with Gasteiger partial charge in [-0.05, 0) is 31.8 Å². The molecule has 0 aromatic carbocycles. The summed E-state index contributed by atoms with van der Waals surface area (Å²) in [6.07, 6.45) is 3.70. The minimum atomic E-state index is 0.731. The molecule has 66 valence electrons. The van der Waals surface area contributed by atoms with Crippen molar-refractivity contribution in [3.8, 4) is 0 Å². The van der Waals surface area contributed by atoms with E-state index in [2.05, 4.69) is 4.99 Å². The molecule has 0 bridgehead atoms. The standard InChI is InChI=1S/C9H13NOS/c1-2-11-9-10-8-5-3-4-7(8)6-12-9/h2-6H2,1H3. The lowest BCUT2D eigenvalue weighted by atomic mass is 10.2. The summed E-state index contributed by atoms with van der Waals surface area (Å²) in [5.74, 6) is 1.11. The number of thioether (sulfide) groups is 1. The lowest BCUT2D eigenvalue weighted by Crippen LogP contribution is -2.06. The molecule has 0 unspecified atom stereocenters. The predicted octanol–water partition coefficient (Wildman–Crippen LogP) is 2.56. The summed E-state index contributed by atoms with van der Waals surface area (Å²) in [6, 6.07) is 0. The van der Waals surface area contributed by atoms with Crippen LogP contribution in [0.5, 0.6) is 0 Å². The molecule has 0 amide bonds. The van der Waals surface area contributed by atoms with E-state index in [0.29, 0.717) is 0 Å². The van der Waals surface area contributed by atoms with Crippen molar-refractivity contribution in [2.45, 2.75) is 26.2 Å². The second kappa shape index (κ2) is 3.52. The van der Waals surface area contributed by atoms with Crippen molar-refractivity contribution >= 4 is 17.0 Å². The summed E-state index contributed by atoms with van der Waals surface area (Å²) in [7, 11) is 0. The van der Waals surface area contributed by atoms with E-state index in [0.717, 1.165) is 24.0 Å². The smallest absolute Gasteiger partial charge is 0.250 e. The van der Waals surface area contributed by atoms with E-state index in [-0.39, 0.29) is 0 Å². The molecule has 0 saturated carbocycles. The first-order valence-electron chi connectivity index (χ1n) is 4.45. The van der Waals surface area contributed by atoms with Crippen LogP contribution in [0.3, 0.4) is 0 Å². The number of hydrogen-bond acceptors (Lipinski definition) is 3. The predicted molar refractivity (Wildman–Crippen MR) is 52.4 cm³/mol. The summed E-state index contributed by atoms with van der Waals surface area (Å²) in [5, 5.41) is 0.873. The van der Waals surface area contributed by atoms with E-state index in [4.69, 9.17) is 4.74 Å². The zero-order valence-corrected chi connectivity index (χ0v) is 8.12. The summed E-state index contributed by atoms with van der Waals surface area (Å²) in [4.78, 5) is 4.47. The zero-order chi connectivity index (χ0) is 8.39. The third-order valence-corrected chi connectivity index (χ3v) is 3.11. The van der Waals surface area contributed by atoms with Crippen LogP contribution < -0.4 is 0 Å². The number of hydrogen-bond donors (Lipinski definition) is 0. The maximum Gasteiger partial charge on any atom is 0.250 e. The fourth-order valence-corrected chi connectivity index (χ4v) is 2.55. The van der Waals surface area contributed by atoms with Gasteiger partial charge in [0.25, 0.3) is 5.23 Å². The first kappa shape index (κ1) is 8.17. The molecule has 12 heavy (non-hydrogen) atoms. The maximum absolute atomic E-state index is 5.37. The molecule has 1 aliphatic carbocycles. The Morgan fingerprint density at radius 2 is 2.42 bits per heavy atom. The molecule has 1 aliphatic heterocycles. The average molecular weight is 183 g/mol. The Morgan fingerprint density at radius 1 is 1.50 bits per heavy atom. The molecule has 2 rings (SSSR count). The molecule has 0 aromatic heterocycles. The summed E-state index contributed by atoms with van der Waals surface area (Å²) >= 11 is 1.73. The summed E-state index contributed by atoms with van der Waals surface area (Å²) < 4.78 is 5.37. The van der Waals surface area contributed by atoms with Crippen LogP contribution >= 0.6 is 11.8 Å². The van der Waals surface area contributed by atoms with Crippen LogP contribution in [-0.2, 0) is 4.74 Å². The fourth-order valence-electron chi connectivity index (χ4n) is 1.57. The van der Waals surface area contributed by atoms with E-state index < -0.39 is 0 Å². The molecular formula is C9H13NOS. The Labute approximate surface area is 77.1 Å². The van der Waals surface area contributed by atoms with E-state index in [1.165, 1.54) is 18.5 Å². The number of ether oxygens (including phenoxy) is 1. The normalized spacial score (nSPS) is 22.2. The monoisotopic (exact) mass is 183 g/mol. The van der Waals surface area contributed by atoms with Gasteiger partial charge in [-0.3, -0.25) is 0 Å². The number of rotatable bonds is 1.